The smallest absolute Gasteiger partial charge is 0.263 e. The van der Waals surface area contributed by atoms with E-state index in [9.17, 15) is 9.18 Å². The van der Waals surface area contributed by atoms with Gasteiger partial charge in [-0.1, -0.05) is 0 Å². The maximum absolute atomic E-state index is 14.4. The molecule has 1 aliphatic rings. The van der Waals surface area contributed by atoms with Crippen LogP contribution in [0.5, 0.6) is 5.75 Å². The van der Waals surface area contributed by atoms with Crippen LogP contribution < -0.4 is 10.1 Å². The number of carbonyl (C=O) groups excluding carboxylic acids is 1. The second-order valence-electron chi connectivity index (χ2n) is 7.15. The lowest BCUT2D eigenvalue weighted by molar-refractivity contribution is 0.0937. The second kappa shape index (κ2) is 7.51. The largest absolute Gasteiger partial charge is 0.487 e. The van der Waals surface area contributed by atoms with Crippen LogP contribution in [0.2, 0.25) is 0 Å². The molecule has 0 saturated carbocycles. The zero-order chi connectivity index (χ0) is 20.7. The van der Waals surface area contributed by atoms with Crippen molar-refractivity contribution < 1.29 is 13.9 Å². The molecule has 3 heterocycles. The molecular formula is C21H21FN4O2S. The molecule has 1 aromatic carbocycles. The average Bonchev–Trinajstić information content (AvgIpc) is 3.26. The normalized spacial score (nSPS) is 15.1. The van der Waals surface area contributed by atoms with Crippen LogP contribution in [-0.4, -0.2) is 33.5 Å². The number of aryl methyl sites for hydroxylation is 4. The van der Waals surface area contributed by atoms with Crippen LogP contribution in [0, 0.1) is 33.5 Å². The van der Waals surface area contributed by atoms with Gasteiger partial charge in [-0.05, 0) is 39.8 Å². The van der Waals surface area contributed by atoms with Gasteiger partial charge in [-0.15, -0.1) is 11.3 Å². The van der Waals surface area contributed by atoms with Gasteiger partial charge in [0.1, 0.15) is 22.5 Å². The highest BCUT2D eigenvalue weighted by molar-refractivity contribution is 7.13. The third kappa shape index (κ3) is 3.72. The van der Waals surface area contributed by atoms with Crippen LogP contribution in [0.25, 0.3) is 11.3 Å². The summed E-state index contributed by atoms with van der Waals surface area (Å²) >= 11 is 1.36. The van der Waals surface area contributed by atoms with Crippen molar-refractivity contribution in [1.82, 2.24) is 20.3 Å². The number of nitrogens with zero attached hydrogens (tertiary/aromatic N) is 3. The lowest BCUT2D eigenvalue weighted by atomic mass is 10.0. The Labute approximate surface area is 172 Å². The topological polar surface area (TPSA) is 77.0 Å². The molecule has 3 aromatic rings. The first kappa shape index (κ1) is 19.4. The van der Waals surface area contributed by atoms with Gasteiger partial charge in [0.15, 0.2) is 0 Å². The molecule has 0 radical (unpaired) electrons. The van der Waals surface area contributed by atoms with Crippen molar-refractivity contribution in [3.63, 3.8) is 0 Å². The van der Waals surface area contributed by atoms with Crippen molar-refractivity contribution in [2.24, 2.45) is 0 Å². The molecule has 1 atom stereocenters. The van der Waals surface area contributed by atoms with E-state index in [2.05, 4.69) is 20.3 Å². The molecule has 0 bridgehead atoms. The van der Waals surface area contributed by atoms with E-state index < -0.39 is 0 Å². The summed E-state index contributed by atoms with van der Waals surface area (Å²) in [5.41, 5.74) is 4.15. The Bertz CT molecular complexity index is 1110. The third-order valence-corrected chi connectivity index (χ3v) is 5.92. The molecule has 150 valence electrons. The van der Waals surface area contributed by atoms with E-state index in [0.717, 1.165) is 22.0 Å². The van der Waals surface area contributed by atoms with E-state index in [4.69, 9.17) is 4.74 Å². The second-order valence-corrected chi connectivity index (χ2v) is 8.35. The highest BCUT2D eigenvalue weighted by Gasteiger charge is 2.30. The van der Waals surface area contributed by atoms with Gasteiger partial charge in [0.25, 0.3) is 5.91 Å². The van der Waals surface area contributed by atoms with E-state index >= 15 is 0 Å². The van der Waals surface area contributed by atoms with Crippen LogP contribution in [0.3, 0.4) is 0 Å². The fourth-order valence-electron chi connectivity index (χ4n) is 3.49. The first-order valence-electron chi connectivity index (χ1n) is 9.34. The number of hydrogen-bond acceptors (Lipinski definition) is 6. The molecular weight excluding hydrogens is 391 g/mol. The van der Waals surface area contributed by atoms with Gasteiger partial charge in [-0.2, -0.15) is 0 Å². The van der Waals surface area contributed by atoms with E-state index in [1.807, 2.05) is 27.7 Å². The molecule has 1 N–H and O–H groups in total. The SMILES string of the molecule is Cc1cnc(C)c(-c2ccc(F)c3c2O[C@H](CNC(=O)c2sc(C)nc2C)C3)n1. The number of benzene rings is 1. The number of rotatable bonds is 4. The summed E-state index contributed by atoms with van der Waals surface area (Å²) in [5.74, 6) is -0.0180. The summed E-state index contributed by atoms with van der Waals surface area (Å²) in [6, 6.07) is 3.11. The lowest BCUT2D eigenvalue weighted by Crippen LogP contribution is -2.34. The number of nitrogens with one attached hydrogen (secondary N) is 1. The standard InChI is InChI=1S/C21H21FN4O2S/c1-10-8-23-11(2)18(25-10)15-5-6-17(22)16-7-14(28-19(15)16)9-24-21(27)20-12(3)26-13(4)29-20/h5-6,8,14H,7,9H2,1-4H3,(H,24,27)/t14-/m0/s1. The number of carbonyl (C=O) groups is 1. The van der Waals surface area contributed by atoms with Crippen molar-refractivity contribution in [2.75, 3.05) is 6.54 Å². The zero-order valence-corrected chi connectivity index (χ0v) is 17.5. The minimum atomic E-state index is -0.350. The van der Waals surface area contributed by atoms with Gasteiger partial charge >= 0.3 is 0 Å². The monoisotopic (exact) mass is 412 g/mol. The van der Waals surface area contributed by atoms with Crippen molar-refractivity contribution in [1.29, 1.82) is 0 Å². The molecule has 1 amide bonds. The molecule has 0 fully saturated rings. The van der Waals surface area contributed by atoms with Gasteiger partial charge in [0.2, 0.25) is 0 Å². The Kier molecular flexibility index (Phi) is 5.04. The number of hydrogen-bond donors (Lipinski definition) is 1. The van der Waals surface area contributed by atoms with E-state index in [-0.39, 0.29) is 24.4 Å². The van der Waals surface area contributed by atoms with E-state index in [1.165, 1.54) is 17.4 Å². The first-order valence-corrected chi connectivity index (χ1v) is 10.2. The molecule has 8 heteroatoms. The van der Waals surface area contributed by atoms with Crippen LogP contribution in [0.4, 0.5) is 4.39 Å². The van der Waals surface area contributed by atoms with Gasteiger partial charge in [-0.25, -0.2) is 14.4 Å². The van der Waals surface area contributed by atoms with Crippen LogP contribution >= 0.6 is 11.3 Å². The number of aromatic nitrogens is 3. The molecule has 0 aliphatic carbocycles. The van der Waals surface area contributed by atoms with Gasteiger partial charge in [0.05, 0.1) is 34.3 Å². The van der Waals surface area contributed by atoms with Gasteiger partial charge < -0.3 is 10.1 Å². The number of halogens is 1. The maximum Gasteiger partial charge on any atom is 0.263 e. The summed E-state index contributed by atoms with van der Waals surface area (Å²) in [4.78, 5) is 26.2. The molecule has 29 heavy (non-hydrogen) atoms. The Morgan fingerprint density at radius 3 is 2.76 bits per heavy atom. The lowest BCUT2D eigenvalue weighted by Gasteiger charge is -2.14. The Morgan fingerprint density at radius 1 is 1.24 bits per heavy atom. The molecule has 6 nitrogen and oxygen atoms in total. The van der Waals surface area contributed by atoms with Gasteiger partial charge in [0, 0.05) is 23.7 Å². The Hall–Kier alpha value is -2.87. The fraction of sp³-hybridized carbons (Fsp3) is 0.333. The van der Waals surface area contributed by atoms with E-state index in [0.29, 0.717) is 34.0 Å². The molecule has 2 aromatic heterocycles. The van der Waals surface area contributed by atoms with Crippen molar-refractivity contribution in [3.05, 3.63) is 56.7 Å². The predicted molar refractivity (Wildman–Crippen MR) is 109 cm³/mol. The molecule has 0 spiro atoms. The summed E-state index contributed by atoms with van der Waals surface area (Å²) in [6.45, 7) is 7.69. The summed E-state index contributed by atoms with van der Waals surface area (Å²) in [6.07, 6.45) is 1.73. The molecule has 1 aliphatic heterocycles. The predicted octanol–water partition coefficient (Wildman–Crippen LogP) is 3.71. The van der Waals surface area contributed by atoms with E-state index in [1.54, 1.807) is 12.3 Å². The van der Waals surface area contributed by atoms with Gasteiger partial charge in [-0.3, -0.25) is 9.78 Å². The average molecular weight is 412 g/mol. The highest BCUT2D eigenvalue weighted by atomic mass is 32.1. The summed E-state index contributed by atoms with van der Waals surface area (Å²) in [7, 11) is 0. The minimum Gasteiger partial charge on any atom is -0.487 e. The third-order valence-electron chi connectivity index (χ3n) is 4.85. The molecule has 0 saturated heterocycles. The number of ether oxygens (including phenoxy) is 1. The highest BCUT2D eigenvalue weighted by Crippen LogP contribution is 2.40. The number of thiazole rings is 1. The van der Waals surface area contributed by atoms with Crippen LogP contribution in [0.15, 0.2) is 18.3 Å². The number of amides is 1. The van der Waals surface area contributed by atoms with Crippen LogP contribution in [-0.2, 0) is 6.42 Å². The summed E-state index contributed by atoms with van der Waals surface area (Å²) < 4.78 is 20.5. The molecule has 4 rings (SSSR count). The first-order chi connectivity index (χ1) is 13.8. The maximum atomic E-state index is 14.4. The fourth-order valence-corrected chi connectivity index (χ4v) is 4.32. The summed E-state index contributed by atoms with van der Waals surface area (Å²) in [5, 5.41) is 3.73. The Balaban J connectivity index is 1.55. The van der Waals surface area contributed by atoms with Crippen molar-refractivity contribution in [2.45, 2.75) is 40.2 Å². The van der Waals surface area contributed by atoms with Crippen molar-refractivity contribution in [3.8, 4) is 17.0 Å². The van der Waals surface area contributed by atoms with Crippen LogP contribution in [0.1, 0.15) is 37.3 Å². The Morgan fingerprint density at radius 2 is 2.03 bits per heavy atom. The zero-order valence-electron chi connectivity index (χ0n) is 16.7. The quantitative estimate of drug-likeness (QED) is 0.707. The molecule has 0 unspecified atom stereocenters. The van der Waals surface area contributed by atoms with Crippen molar-refractivity contribution >= 4 is 17.2 Å². The number of fused-ring (bicyclic) bond motifs is 1. The minimum absolute atomic E-state index is 0.186.